The van der Waals surface area contributed by atoms with E-state index in [2.05, 4.69) is 17.2 Å². The maximum Gasteiger partial charge on any atom is 0.337 e. The molecule has 2 aliphatic rings. The van der Waals surface area contributed by atoms with E-state index in [0.717, 1.165) is 42.5 Å². The van der Waals surface area contributed by atoms with Gasteiger partial charge in [0.2, 0.25) is 0 Å². The molecular weight excluding hydrogens is 426 g/mol. The molecular formula is C29H29NO4. The zero-order valence-electron chi connectivity index (χ0n) is 19.3. The summed E-state index contributed by atoms with van der Waals surface area (Å²) >= 11 is 0. The summed E-state index contributed by atoms with van der Waals surface area (Å²) in [6.45, 7) is 1.86. The summed E-state index contributed by atoms with van der Waals surface area (Å²) in [6.07, 6.45) is 5.23. The Morgan fingerprint density at radius 1 is 0.971 bits per heavy atom. The van der Waals surface area contributed by atoms with Gasteiger partial charge in [0.15, 0.2) is 0 Å². The number of rotatable bonds is 5. The fraction of sp³-hybridized carbons (Fsp3) is 0.310. The lowest BCUT2D eigenvalue weighted by molar-refractivity contribution is -0.140. The first-order valence-electron chi connectivity index (χ1n) is 11.8. The van der Waals surface area contributed by atoms with Crippen molar-refractivity contribution in [3.05, 3.63) is 94.3 Å². The predicted molar refractivity (Wildman–Crippen MR) is 130 cm³/mol. The molecule has 174 valence electrons. The van der Waals surface area contributed by atoms with E-state index >= 15 is 0 Å². The molecule has 1 unspecified atom stereocenters. The topological polar surface area (TPSA) is 75.6 Å². The molecule has 2 N–H and O–H groups in total. The fourth-order valence-electron chi connectivity index (χ4n) is 4.70. The van der Waals surface area contributed by atoms with Crippen molar-refractivity contribution >= 4 is 11.9 Å². The standard InChI is InChI=1S/C29H29NO4/c1-20-25(28(31)32)24(18-17-21-11-5-2-6-12-21)26(27(30-20)23-15-9-4-10-16-23)29(33)34-19-22-13-7-3-8-14-22/h2-3,5-8,11-14,23-24,30H,4,9-10,15-16,19H2,1H3,(H,31,32). The van der Waals surface area contributed by atoms with Crippen molar-refractivity contribution in [3.63, 3.8) is 0 Å². The molecule has 1 aliphatic heterocycles. The van der Waals surface area contributed by atoms with E-state index in [0.29, 0.717) is 11.3 Å². The van der Waals surface area contributed by atoms with Crippen LogP contribution in [0.25, 0.3) is 0 Å². The number of allylic oxidation sites excluding steroid dienone is 2. The maximum absolute atomic E-state index is 13.5. The van der Waals surface area contributed by atoms with Crippen molar-refractivity contribution in [1.29, 1.82) is 0 Å². The van der Waals surface area contributed by atoms with Crippen molar-refractivity contribution in [1.82, 2.24) is 5.32 Å². The molecule has 1 atom stereocenters. The molecule has 0 spiro atoms. The highest BCUT2D eigenvalue weighted by Gasteiger charge is 2.38. The number of hydrogen-bond acceptors (Lipinski definition) is 4. The SMILES string of the molecule is CC1=C(C(=O)O)C(C#Cc2ccccc2)C(C(=O)OCc2ccccc2)=C(C2CCCCC2)N1. The molecule has 34 heavy (non-hydrogen) atoms. The first kappa shape index (κ1) is 23.4. The lowest BCUT2D eigenvalue weighted by Gasteiger charge is -2.33. The van der Waals surface area contributed by atoms with Gasteiger partial charge in [0.25, 0.3) is 0 Å². The van der Waals surface area contributed by atoms with Gasteiger partial charge in [0.1, 0.15) is 6.61 Å². The van der Waals surface area contributed by atoms with Gasteiger partial charge >= 0.3 is 11.9 Å². The zero-order chi connectivity index (χ0) is 23.9. The first-order chi connectivity index (χ1) is 16.5. The molecule has 0 radical (unpaired) electrons. The summed E-state index contributed by atoms with van der Waals surface area (Å²) in [5.74, 6) is 3.86. The number of benzene rings is 2. The number of dihydropyridines is 1. The van der Waals surface area contributed by atoms with Crippen LogP contribution in [-0.4, -0.2) is 17.0 Å². The fourth-order valence-corrected chi connectivity index (χ4v) is 4.70. The second kappa shape index (κ2) is 10.9. The number of carbonyl (C=O) groups is 2. The average molecular weight is 456 g/mol. The number of esters is 1. The van der Waals surface area contributed by atoms with Crippen molar-refractivity contribution in [2.45, 2.75) is 45.6 Å². The van der Waals surface area contributed by atoms with Crippen LogP contribution in [0.15, 0.2) is 83.2 Å². The molecule has 2 aromatic carbocycles. The Hall–Kier alpha value is -3.78. The van der Waals surface area contributed by atoms with Crippen LogP contribution in [0, 0.1) is 23.7 Å². The van der Waals surface area contributed by atoms with Crippen LogP contribution >= 0.6 is 0 Å². The molecule has 0 saturated heterocycles. The van der Waals surface area contributed by atoms with Crippen molar-refractivity contribution in [2.75, 3.05) is 0 Å². The maximum atomic E-state index is 13.5. The highest BCUT2D eigenvalue weighted by atomic mass is 16.5. The van der Waals surface area contributed by atoms with Gasteiger partial charge in [-0.15, -0.1) is 0 Å². The number of carbonyl (C=O) groups excluding carboxylic acids is 1. The monoisotopic (exact) mass is 455 g/mol. The van der Waals surface area contributed by atoms with E-state index < -0.39 is 17.9 Å². The molecule has 1 heterocycles. The molecule has 0 bridgehead atoms. The van der Waals surface area contributed by atoms with E-state index in [4.69, 9.17) is 4.74 Å². The van der Waals surface area contributed by atoms with Crippen molar-refractivity contribution in [3.8, 4) is 11.8 Å². The van der Waals surface area contributed by atoms with Crippen LogP contribution < -0.4 is 5.32 Å². The molecule has 1 aliphatic carbocycles. The van der Waals surface area contributed by atoms with Gasteiger partial charge in [-0.2, -0.15) is 0 Å². The zero-order valence-corrected chi connectivity index (χ0v) is 19.3. The summed E-state index contributed by atoms with van der Waals surface area (Å²) in [7, 11) is 0. The number of aliphatic carboxylic acids is 1. The number of ether oxygens (including phenoxy) is 1. The normalized spacial score (nSPS) is 18.6. The Bertz CT molecular complexity index is 1160. The van der Waals surface area contributed by atoms with E-state index in [9.17, 15) is 14.7 Å². The third-order valence-electron chi connectivity index (χ3n) is 6.40. The second-order valence-electron chi connectivity index (χ2n) is 8.76. The Morgan fingerprint density at radius 3 is 2.26 bits per heavy atom. The van der Waals surface area contributed by atoms with Gasteiger partial charge < -0.3 is 15.2 Å². The first-order valence-corrected chi connectivity index (χ1v) is 11.8. The van der Waals surface area contributed by atoms with Gasteiger partial charge in [-0.1, -0.05) is 79.6 Å². The second-order valence-corrected chi connectivity index (χ2v) is 8.76. The van der Waals surface area contributed by atoms with E-state index in [1.807, 2.05) is 60.7 Å². The van der Waals surface area contributed by atoms with Gasteiger partial charge in [0, 0.05) is 17.0 Å². The largest absolute Gasteiger partial charge is 0.478 e. The van der Waals surface area contributed by atoms with Crippen LogP contribution in [0.1, 0.15) is 50.2 Å². The summed E-state index contributed by atoms with van der Waals surface area (Å²) in [5, 5.41) is 13.3. The van der Waals surface area contributed by atoms with Gasteiger partial charge in [-0.3, -0.25) is 0 Å². The molecule has 1 saturated carbocycles. The smallest absolute Gasteiger partial charge is 0.337 e. The Balaban J connectivity index is 1.76. The van der Waals surface area contributed by atoms with Gasteiger partial charge in [-0.25, -0.2) is 9.59 Å². The number of carboxylic acid groups (broad SMARTS) is 1. The lowest BCUT2D eigenvalue weighted by atomic mass is 9.78. The van der Waals surface area contributed by atoms with Crippen molar-refractivity contribution < 1.29 is 19.4 Å². The lowest BCUT2D eigenvalue weighted by Crippen LogP contribution is -2.36. The third kappa shape index (κ3) is 5.40. The third-order valence-corrected chi connectivity index (χ3v) is 6.40. The van der Waals surface area contributed by atoms with Crippen LogP contribution in [0.5, 0.6) is 0 Å². The average Bonchev–Trinajstić information content (AvgIpc) is 2.87. The van der Waals surface area contributed by atoms with E-state index in [-0.39, 0.29) is 18.1 Å². The van der Waals surface area contributed by atoms with Crippen molar-refractivity contribution in [2.24, 2.45) is 11.8 Å². The van der Waals surface area contributed by atoms with Gasteiger partial charge in [0.05, 0.1) is 17.1 Å². The number of nitrogens with one attached hydrogen (secondary N) is 1. The van der Waals surface area contributed by atoms with Gasteiger partial charge in [-0.05, 0) is 43.4 Å². The van der Waals surface area contributed by atoms with E-state index in [1.165, 1.54) is 6.42 Å². The minimum atomic E-state index is -1.09. The summed E-state index contributed by atoms with van der Waals surface area (Å²) in [6, 6.07) is 18.9. The quantitative estimate of drug-likeness (QED) is 0.479. The Kier molecular flexibility index (Phi) is 7.49. The molecule has 0 aromatic heterocycles. The Morgan fingerprint density at radius 2 is 1.62 bits per heavy atom. The minimum absolute atomic E-state index is 0.0923. The predicted octanol–water partition coefficient (Wildman–Crippen LogP) is 5.19. The minimum Gasteiger partial charge on any atom is -0.478 e. The molecule has 5 heteroatoms. The Labute approximate surface area is 200 Å². The van der Waals surface area contributed by atoms with Crippen LogP contribution in [0.2, 0.25) is 0 Å². The van der Waals surface area contributed by atoms with E-state index in [1.54, 1.807) is 6.92 Å². The molecule has 1 fully saturated rings. The summed E-state index contributed by atoms with van der Waals surface area (Å²) in [5.41, 5.74) is 3.35. The highest BCUT2D eigenvalue weighted by Crippen LogP contribution is 2.38. The van der Waals surface area contributed by atoms with Crippen LogP contribution in [0.3, 0.4) is 0 Å². The van der Waals surface area contributed by atoms with Crippen LogP contribution in [0.4, 0.5) is 0 Å². The molecule has 4 rings (SSSR count). The highest BCUT2D eigenvalue weighted by molar-refractivity contribution is 5.98. The number of carboxylic acids is 1. The summed E-state index contributed by atoms with van der Waals surface area (Å²) < 4.78 is 5.71. The number of hydrogen-bond donors (Lipinski definition) is 2. The molecule has 2 aromatic rings. The summed E-state index contributed by atoms with van der Waals surface area (Å²) in [4.78, 5) is 25.8. The molecule has 5 nitrogen and oxygen atoms in total. The van der Waals surface area contributed by atoms with Crippen LogP contribution in [-0.2, 0) is 20.9 Å². The molecule has 0 amide bonds.